The monoisotopic (exact) mass is 584 g/mol. The molecule has 1 fully saturated rings. The highest BCUT2D eigenvalue weighted by Crippen LogP contribution is 2.38. The Labute approximate surface area is 240 Å². The third-order valence-electron chi connectivity index (χ3n) is 7.56. The first kappa shape index (κ1) is 28.7. The van der Waals surface area contributed by atoms with E-state index in [0.29, 0.717) is 33.9 Å². The minimum absolute atomic E-state index is 0.0248. The number of nitrogens with one attached hydrogen (secondary N) is 2. The van der Waals surface area contributed by atoms with Crippen LogP contribution in [0.2, 0.25) is 5.02 Å². The number of aromatic hydroxyl groups is 1. The Morgan fingerprint density at radius 1 is 1.27 bits per heavy atom. The number of anilines is 1. The van der Waals surface area contributed by atoms with Gasteiger partial charge in [-0.25, -0.2) is 9.97 Å². The lowest BCUT2D eigenvalue weighted by Crippen LogP contribution is -2.55. The molecule has 5 rings (SSSR count). The molecule has 1 aliphatic heterocycles. The largest absolute Gasteiger partial charge is 0.493 e. The van der Waals surface area contributed by atoms with Crippen molar-refractivity contribution in [3.8, 4) is 17.3 Å². The molecular weight excluding hydrogens is 554 g/mol. The molecule has 0 radical (unpaired) electrons. The highest BCUT2D eigenvalue weighted by atomic mass is 35.5. The highest BCUT2D eigenvalue weighted by molar-refractivity contribution is 6.30. The summed E-state index contributed by atoms with van der Waals surface area (Å²) in [5, 5.41) is 24.9. The summed E-state index contributed by atoms with van der Waals surface area (Å²) in [7, 11) is 1.90. The standard InChI is InChI=1S/C29H31ClF2N6O3/c1-16-11-19(29(31,32)28(41)38-10-9-37(3)17(2)15-38)13-22-25(16)36-26(35-22)24-21(7-8-33-27(24)40)34-14-23(39)18-5-4-6-20(30)12-18/h4-8,11-13,17,23,39H,9-10,14-15H2,1-3H3,(H,35,36)(H2,33,34,40)/t17?,23-/m0/s1. The lowest BCUT2D eigenvalue weighted by molar-refractivity contribution is -0.161. The Balaban J connectivity index is 1.44. The fourth-order valence-corrected chi connectivity index (χ4v) is 5.21. The average Bonchev–Trinajstić information content (AvgIpc) is 3.37. The maximum absolute atomic E-state index is 15.5. The third-order valence-corrected chi connectivity index (χ3v) is 7.79. The van der Waals surface area contributed by atoms with Gasteiger partial charge in [0, 0.05) is 49.0 Å². The predicted molar refractivity (Wildman–Crippen MR) is 153 cm³/mol. The second-order valence-corrected chi connectivity index (χ2v) is 10.9. The van der Waals surface area contributed by atoms with Crippen LogP contribution in [-0.2, 0) is 10.7 Å². The van der Waals surface area contributed by atoms with E-state index in [1.807, 2.05) is 18.9 Å². The van der Waals surface area contributed by atoms with E-state index in [4.69, 9.17) is 11.6 Å². The van der Waals surface area contributed by atoms with Crippen LogP contribution in [0.3, 0.4) is 0 Å². The number of fused-ring (bicyclic) bond motifs is 1. The molecule has 1 saturated heterocycles. The van der Waals surface area contributed by atoms with Crippen molar-refractivity contribution in [2.75, 3.05) is 38.5 Å². The zero-order chi connectivity index (χ0) is 29.5. The number of amides is 1. The predicted octanol–water partition coefficient (Wildman–Crippen LogP) is 4.69. The maximum Gasteiger partial charge on any atom is 0.350 e. The number of imidazole rings is 1. The van der Waals surface area contributed by atoms with Crippen molar-refractivity contribution in [1.82, 2.24) is 24.8 Å². The zero-order valence-electron chi connectivity index (χ0n) is 22.8. The Bertz CT molecular complexity index is 1600. The fraction of sp³-hybridized carbons (Fsp3) is 0.345. The van der Waals surface area contributed by atoms with E-state index in [2.05, 4.69) is 20.3 Å². The van der Waals surface area contributed by atoms with E-state index < -0.39 is 23.5 Å². The van der Waals surface area contributed by atoms with E-state index in [-0.39, 0.29) is 48.5 Å². The number of pyridine rings is 1. The Morgan fingerprint density at radius 3 is 2.78 bits per heavy atom. The zero-order valence-corrected chi connectivity index (χ0v) is 23.6. The van der Waals surface area contributed by atoms with Gasteiger partial charge in [0.1, 0.15) is 11.4 Å². The number of carbonyl (C=O) groups is 1. The summed E-state index contributed by atoms with van der Waals surface area (Å²) < 4.78 is 31.1. The van der Waals surface area contributed by atoms with Gasteiger partial charge in [-0.1, -0.05) is 23.7 Å². The van der Waals surface area contributed by atoms with Gasteiger partial charge in [-0.3, -0.25) is 4.79 Å². The number of H-pyrrole nitrogens is 1. The van der Waals surface area contributed by atoms with Crippen LogP contribution in [0.25, 0.3) is 22.4 Å². The van der Waals surface area contributed by atoms with Crippen LogP contribution < -0.4 is 5.32 Å². The molecule has 4 N–H and O–H groups in total. The molecule has 3 heterocycles. The lowest BCUT2D eigenvalue weighted by Gasteiger charge is -2.38. The van der Waals surface area contributed by atoms with Crippen molar-refractivity contribution in [3.63, 3.8) is 0 Å². The van der Waals surface area contributed by atoms with Gasteiger partial charge >= 0.3 is 5.92 Å². The molecule has 2 aromatic carbocycles. The van der Waals surface area contributed by atoms with Crippen LogP contribution in [0.4, 0.5) is 14.5 Å². The maximum atomic E-state index is 15.5. The number of rotatable bonds is 7. The number of aromatic nitrogens is 3. The number of hydrogen-bond donors (Lipinski definition) is 4. The van der Waals surface area contributed by atoms with Crippen LogP contribution in [0.1, 0.15) is 29.7 Å². The molecule has 12 heteroatoms. The van der Waals surface area contributed by atoms with Crippen molar-refractivity contribution in [1.29, 1.82) is 0 Å². The van der Waals surface area contributed by atoms with Crippen molar-refractivity contribution in [2.45, 2.75) is 31.9 Å². The van der Waals surface area contributed by atoms with E-state index in [0.717, 1.165) is 0 Å². The first-order valence-electron chi connectivity index (χ1n) is 13.2. The summed E-state index contributed by atoms with van der Waals surface area (Å²) in [4.78, 5) is 27.7. The van der Waals surface area contributed by atoms with Crippen molar-refractivity contribution in [2.24, 2.45) is 0 Å². The van der Waals surface area contributed by atoms with Gasteiger partial charge in [-0.05, 0) is 62.4 Å². The summed E-state index contributed by atoms with van der Waals surface area (Å²) in [6.45, 7) is 4.60. The van der Waals surface area contributed by atoms with Gasteiger partial charge in [0.2, 0.25) is 5.88 Å². The molecule has 0 bridgehead atoms. The number of benzene rings is 2. The number of aromatic amines is 1. The Hall–Kier alpha value is -3.80. The molecule has 0 aliphatic carbocycles. The Kier molecular flexibility index (Phi) is 7.87. The molecule has 2 aromatic heterocycles. The van der Waals surface area contributed by atoms with Crippen LogP contribution in [0.5, 0.6) is 5.88 Å². The second-order valence-electron chi connectivity index (χ2n) is 10.4. The molecule has 1 aliphatic rings. The summed E-state index contributed by atoms with van der Waals surface area (Å²) in [5.74, 6) is -5.13. The number of halogens is 3. The minimum Gasteiger partial charge on any atom is -0.493 e. The molecule has 41 heavy (non-hydrogen) atoms. The number of hydrogen-bond acceptors (Lipinski definition) is 7. The highest BCUT2D eigenvalue weighted by Gasteiger charge is 2.45. The minimum atomic E-state index is -3.74. The van der Waals surface area contributed by atoms with E-state index in [9.17, 15) is 15.0 Å². The van der Waals surface area contributed by atoms with Crippen LogP contribution >= 0.6 is 11.6 Å². The number of aliphatic hydroxyl groups is 1. The number of nitrogens with zero attached hydrogens (tertiary/aromatic N) is 4. The van der Waals surface area contributed by atoms with Gasteiger partial charge in [0.15, 0.2) is 0 Å². The molecule has 1 unspecified atom stereocenters. The molecule has 0 spiro atoms. The lowest BCUT2D eigenvalue weighted by atomic mass is 10.0. The average molecular weight is 585 g/mol. The summed E-state index contributed by atoms with van der Waals surface area (Å²) in [5.41, 5.74) is 1.94. The molecule has 9 nitrogen and oxygen atoms in total. The molecule has 2 atom stereocenters. The number of likely N-dealkylation sites (N-methyl/N-ethyl adjacent to an activating group) is 1. The topological polar surface area (TPSA) is 118 Å². The van der Waals surface area contributed by atoms with Crippen LogP contribution in [0.15, 0.2) is 48.7 Å². The van der Waals surface area contributed by atoms with E-state index >= 15 is 8.78 Å². The molecule has 0 saturated carbocycles. The van der Waals surface area contributed by atoms with E-state index in [1.165, 1.54) is 23.2 Å². The normalized spacial score (nSPS) is 17.1. The number of piperazine rings is 1. The number of carbonyl (C=O) groups excluding carboxylic acids is 1. The van der Waals surface area contributed by atoms with Crippen LogP contribution in [0, 0.1) is 6.92 Å². The molecule has 216 valence electrons. The summed E-state index contributed by atoms with van der Waals surface area (Å²) >= 11 is 6.04. The second kappa shape index (κ2) is 11.2. The van der Waals surface area contributed by atoms with Gasteiger partial charge in [0.25, 0.3) is 5.91 Å². The van der Waals surface area contributed by atoms with Crippen molar-refractivity contribution < 1.29 is 23.8 Å². The number of alkyl halides is 2. The molecule has 4 aromatic rings. The SMILES string of the molecule is Cc1cc(C(F)(F)C(=O)N2CCN(C)C(C)C2)cc2nc(-c3c(NC[C@H](O)c4cccc(Cl)c4)ccnc3O)[nH]c12. The Morgan fingerprint density at radius 2 is 2.05 bits per heavy atom. The molecular formula is C29H31ClF2N6O3. The number of aliphatic hydroxyl groups excluding tert-OH is 1. The number of aryl methyl sites for hydroxylation is 1. The quantitative estimate of drug-likeness (QED) is 0.249. The van der Waals surface area contributed by atoms with Gasteiger partial charge in [-0.2, -0.15) is 8.78 Å². The fourth-order valence-electron chi connectivity index (χ4n) is 5.01. The summed E-state index contributed by atoms with van der Waals surface area (Å²) in [6.07, 6.45) is 0.491. The first-order valence-corrected chi connectivity index (χ1v) is 13.6. The van der Waals surface area contributed by atoms with Gasteiger partial charge in [0.05, 0.1) is 22.8 Å². The van der Waals surface area contributed by atoms with E-state index in [1.54, 1.807) is 37.3 Å². The molecule has 1 amide bonds. The van der Waals surface area contributed by atoms with Crippen molar-refractivity contribution in [3.05, 3.63) is 70.4 Å². The van der Waals surface area contributed by atoms with Gasteiger partial charge in [-0.15, -0.1) is 0 Å². The van der Waals surface area contributed by atoms with Crippen molar-refractivity contribution >= 4 is 34.2 Å². The third kappa shape index (κ3) is 5.70. The van der Waals surface area contributed by atoms with Gasteiger partial charge < -0.3 is 30.3 Å². The van der Waals surface area contributed by atoms with Crippen LogP contribution in [-0.4, -0.2) is 80.1 Å². The smallest absolute Gasteiger partial charge is 0.350 e. The first-order chi connectivity index (χ1) is 19.5. The summed E-state index contributed by atoms with van der Waals surface area (Å²) in [6, 6.07) is 10.9.